The molecule has 3 heteroatoms. The number of rotatable bonds is 6. The molecule has 17 heavy (non-hydrogen) atoms. The lowest BCUT2D eigenvalue weighted by Gasteiger charge is -2.28. The van der Waals surface area contributed by atoms with Gasteiger partial charge in [0.05, 0.1) is 12.8 Å². The van der Waals surface area contributed by atoms with Gasteiger partial charge in [-0.2, -0.15) is 0 Å². The van der Waals surface area contributed by atoms with Crippen LogP contribution in [-0.2, 0) is 0 Å². The van der Waals surface area contributed by atoms with Gasteiger partial charge in [-0.3, -0.25) is 0 Å². The molecule has 0 amide bonds. The van der Waals surface area contributed by atoms with Crippen molar-refractivity contribution in [3.05, 3.63) is 24.3 Å². The zero-order valence-electron chi connectivity index (χ0n) is 11.5. The molecule has 1 N–H and O–H groups in total. The molecule has 0 saturated carbocycles. The Hall–Kier alpha value is -1.22. The topological polar surface area (TPSA) is 24.5 Å². The van der Waals surface area contributed by atoms with E-state index in [0.717, 1.165) is 18.0 Å². The Morgan fingerprint density at radius 1 is 1.29 bits per heavy atom. The fraction of sp³-hybridized carbons (Fsp3) is 0.571. The van der Waals surface area contributed by atoms with Crippen molar-refractivity contribution in [1.29, 1.82) is 0 Å². The molecular weight excluding hydrogens is 212 g/mol. The van der Waals surface area contributed by atoms with Crippen LogP contribution in [0.2, 0.25) is 0 Å². The van der Waals surface area contributed by atoms with Crippen LogP contribution in [-0.4, -0.2) is 33.8 Å². The van der Waals surface area contributed by atoms with Crippen LogP contribution in [0.3, 0.4) is 0 Å². The van der Waals surface area contributed by atoms with E-state index in [1.807, 2.05) is 25.2 Å². The SMILES string of the molecule is CNC(CN(C)c1ccccc1OC)C(C)C. The van der Waals surface area contributed by atoms with E-state index >= 15 is 0 Å². The highest BCUT2D eigenvalue weighted by molar-refractivity contribution is 5.57. The van der Waals surface area contributed by atoms with Crippen molar-refractivity contribution >= 4 is 5.69 Å². The molecular formula is C14H24N2O. The monoisotopic (exact) mass is 236 g/mol. The molecule has 96 valence electrons. The number of likely N-dealkylation sites (N-methyl/N-ethyl adjacent to an activating group) is 2. The van der Waals surface area contributed by atoms with Gasteiger partial charge >= 0.3 is 0 Å². The highest BCUT2D eigenvalue weighted by Gasteiger charge is 2.15. The Bertz CT molecular complexity index is 339. The third kappa shape index (κ3) is 3.63. The van der Waals surface area contributed by atoms with Gasteiger partial charge < -0.3 is 15.0 Å². The molecule has 1 unspecified atom stereocenters. The summed E-state index contributed by atoms with van der Waals surface area (Å²) in [6.07, 6.45) is 0. The third-order valence-electron chi connectivity index (χ3n) is 3.14. The zero-order valence-corrected chi connectivity index (χ0v) is 11.5. The molecule has 0 radical (unpaired) electrons. The van der Waals surface area contributed by atoms with Crippen LogP contribution >= 0.6 is 0 Å². The smallest absolute Gasteiger partial charge is 0.142 e. The summed E-state index contributed by atoms with van der Waals surface area (Å²) in [6.45, 7) is 5.43. The van der Waals surface area contributed by atoms with Crippen molar-refractivity contribution in [1.82, 2.24) is 5.32 Å². The average molecular weight is 236 g/mol. The fourth-order valence-corrected chi connectivity index (χ4v) is 1.97. The van der Waals surface area contributed by atoms with Gasteiger partial charge in [-0.1, -0.05) is 26.0 Å². The van der Waals surface area contributed by atoms with Crippen molar-refractivity contribution in [2.75, 3.05) is 32.6 Å². The number of benzene rings is 1. The minimum absolute atomic E-state index is 0.477. The fourth-order valence-electron chi connectivity index (χ4n) is 1.97. The second-order valence-corrected chi connectivity index (χ2v) is 4.69. The van der Waals surface area contributed by atoms with E-state index in [0.29, 0.717) is 12.0 Å². The van der Waals surface area contributed by atoms with E-state index in [1.54, 1.807) is 7.11 Å². The maximum atomic E-state index is 5.38. The van der Waals surface area contributed by atoms with Gasteiger partial charge in [0, 0.05) is 19.6 Å². The van der Waals surface area contributed by atoms with E-state index in [4.69, 9.17) is 4.74 Å². The summed E-state index contributed by atoms with van der Waals surface area (Å²) >= 11 is 0. The number of methoxy groups -OCH3 is 1. The number of nitrogens with zero attached hydrogens (tertiary/aromatic N) is 1. The molecule has 0 saturated heterocycles. The lowest BCUT2D eigenvalue weighted by Crippen LogP contribution is -2.41. The summed E-state index contributed by atoms with van der Waals surface area (Å²) in [7, 11) is 5.83. The minimum Gasteiger partial charge on any atom is -0.495 e. The second-order valence-electron chi connectivity index (χ2n) is 4.69. The van der Waals surface area contributed by atoms with E-state index in [-0.39, 0.29) is 0 Å². The molecule has 1 atom stereocenters. The van der Waals surface area contributed by atoms with Crippen molar-refractivity contribution in [3.63, 3.8) is 0 Å². The van der Waals surface area contributed by atoms with Gasteiger partial charge in [-0.15, -0.1) is 0 Å². The first-order valence-electron chi connectivity index (χ1n) is 6.11. The van der Waals surface area contributed by atoms with Crippen molar-refractivity contribution in [2.24, 2.45) is 5.92 Å². The van der Waals surface area contributed by atoms with Crippen molar-refractivity contribution in [2.45, 2.75) is 19.9 Å². The van der Waals surface area contributed by atoms with Gasteiger partial charge in [0.15, 0.2) is 0 Å². The van der Waals surface area contributed by atoms with E-state index < -0.39 is 0 Å². The molecule has 0 bridgehead atoms. The Labute approximate surface area is 105 Å². The Morgan fingerprint density at radius 2 is 1.94 bits per heavy atom. The predicted octanol–water partition coefficient (Wildman–Crippen LogP) is 2.38. The van der Waals surface area contributed by atoms with Crippen molar-refractivity contribution in [3.8, 4) is 5.75 Å². The first-order chi connectivity index (χ1) is 8.10. The molecule has 0 aliphatic heterocycles. The van der Waals surface area contributed by atoms with E-state index in [2.05, 4.69) is 37.2 Å². The Morgan fingerprint density at radius 3 is 2.47 bits per heavy atom. The quantitative estimate of drug-likeness (QED) is 0.820. The molecule has 1 aromatic rings. The molecule has 0 aliphatic carbocycles. The second kappa shape index (κ2) is 6.50. The molecule has 0 aliphatic rings. The van der Waals surface area contributed by atoms with E-state index in [1.165, 1.54) is 0 Å². The summed E-state index contributed by atoms with van der Waals surface area (Å²) in [4.78, 5) is 2.24. The van der Waals surface area contributed by atoms with Gasteiger partial charge in [-0.05, 0) is 25.1 Å². The predicted molar refractivity (Wildman–Crippen MR) is 73.9 cm³/mol. The highest BCUT2D eigenvalue weighted by atomic mass is 16.5. The largest absolute Gasteiger partial charge is 0.495 e. The van der Waals surface area contributed by atoms with Crippen LogP contribution in [0.1, 0.15) is 13.8 Å². The van der Waals surface area contributed by atoms with Crippen LogP contribution in [0.5, 0.6) is 5.75 Å². The van der Waals surface area contributed by atoms with Gasteiger partial charge in [0.25, 0.3) is 0 Å². The molecule has 0 heterocycles. The normalized spacial score (nSPS) is 12.6. The summed E-state index contributed by atoms with van der Waals surface area (Å²) in [5.41, 5.74) is 1.14. The maximum Gasteiger partial charge on any atom is 0.142 e. The number of nitrogens with one attached hydrogen (secondary N) is 1. The first kappa shape index (κ1) is 13.8. The average Bonchev–Trinajstić information content (AvgIpc) is 2.35. The van der Waals surface area contributed by atoms with Crippen LogP contribution < -0.4 is 15.0 Å². The maximum absolute atomic E-state index is 5.38. The summed E-state index contributed by atoms with van der Waals surface area (Å²) in [5.74, 6) is 1.53. The zero-order chi connectivity index (χ0) is 12.8. The number of hydrogen-bond acceptors (Lipinski definition) is 3. The standard InChI is InChI=1S/C14H24N2O/c1-11(2)12(15-3)10-16(4)13-8-6-7-9-14(13)17-5/h6-9,11-12,15H,10H2,1-5H3. The Kier molecular flexibility index (Phi) is 5.29. The van der Waals surface area contributed by atoms with Crippen LogP contribution in [0.4, 0.5) is 5.69 Å². The van der Waals surface area contributed by atoms with Crippen LogP contribution in [0, 0.1) is 5.92 Å². The molecule has 0 spiro atoms. The van der Waals surface area contributed by atoms with E-state index in [9.17, 15) is 0 Å². The number of hydrogen-bond donors (Lipinski definition) is 1. The molecule has 3 nitrogen and oxygen atoms in total. The lowest BCUT2D eigenvalue weighted by molar-refractivity contribution is 0.408. The summed E-state index contributed by atoms with van der Waals surface area (Å²) in [5, 5.41) is 3.36. The molecule has 0 aromatic heterocycles. The van der Waals surface area contributed by atoms with Gasteiger partial charge in [0.2, 0.25) is 0 Å². The molecule has 0 fully saturated rings. The van der Waals surface area contributed by atoms with Gasteiger partial charge in [-0.25, -0.2) is 0 Å². The summed E-state index contributed by atoms with van der Waals surface area (Å²) in [6, 6.07) is 8.60. The minimum atomic E-state index is 0.477. The number of anilines is 1. The molecule has 1 rings (SSSR count). The third-order valence-corrected chi connectivity index (χ3v) is 3.14. The lowest BCUT2D eigenvalue weighted by atomic mass is 10.0. The van der Waals surface area contributed by atoms with Crippen LogP contribution in [0.25, 0.3) is 0 Å². The van der Waals surface area contributed by atoms with Crippen LogP contribution in [0.15, 0.2) is 24.3 Å². The Balaban J connectivity index is 2.78. The molecule has 1 aromatic carbocycles. The number of ether oxygens (including phenoxy) is 1. The van der Waals surface area contributed by atoms with Crippen molar-refractivity contribution < 1.29 is 4.74 Å². The first-order valence-corrected chi connectivity index (χ1v) is 6.11. The number of para-hydroxylation sites is 2. The summed E-state index contributed by atoms with van der Waals surface area (Å²) < 4.78 is 5.38. The van der Waals surface area contributed by atoms with Gasteiger partial charge in [0.1, 0.15) is 5.75 Å². The highest BCUT2D eigenvalue weighted by Crippen LogP contribution is 2.26.